The molecule has 29 heavy (non-hydrogen) atoms. The standard InChI is InChI=1S/C21H23N5O3/c1-15-12-20(25-24-15)23-19-9-5-8-17(22-19)18-13-26(10-11-28-18)21(27)14-29-16-6-3-2-4-7-16/h2-9,12,18H,10-11,13-14H2,1H3,(H2,22,23,24,25)/t18-/m1/s1. The summed E-state index contributed by atoms with van der Waals surface area (Å²) in [6.07, 6.45) is -0.285. The molecule has 150 valence electrons. The number of nitrogens with one attached hydrogen (secondary N) is 2. The molecule has 0 saturated carbocycles. The molecule has 1 aliphatic heterocycles. The zero-order chi connectivity index (χ0) is 20.1. The molecule has 0 aliphatic carbocycles. The summed E-state index contributed by atoms with van der Waals surface area (Å²) in [6.45, 7) is 3.38. The molecule has 1 atom stereocenters. The topological polar surface area (TPSA) is 92.4 Å². The van der Waals surface area contributed by atoms with Crippen molar-refractivity contribution in [3.8, 4) is 5.75 Å². The number of aromatic amines is 1. The third kappa shape index (κ3) is 4.91. The third-order valence-corrected chi connectivity index (χ3v) is 4.59. The number of para-hydroxylation sites is 1. The fourth-order valence-corrected chi connectivity index (χ4v) is 3.12. The van der Waals surface area contributed by atoms with Crippen LogP contribution in [0.1, 0.15) is 17.5 Å². The zero-order valence-corrected chi connectivity index (χ0v) is 16.2. The average Bonchev–Trinajstić information content (AvgIpc) is 3.17. The lowest BCUT2D eigenvalue weighted by Crippen LogP contribution is -2.44. The number of aryl methyl sites for hydroxylation is 1. The van der Waals surface area contributed by atoms with Gasteiger partial charge in [-0.1, -0.05) is 24.3 Å². The molecule has 8 nitrogen and oxygen atoms in total. The highest BCUT2D eigenvalue weighted by Gasteiger charge is 2.26. The number of amides is 1. The van der Waals surface area contributed by atoms with Gasteiger partial charge in [-0.25, -0.2) is 4.98 Å². The van der Waals surface area contributed by atoms with Crippen LogP contribution in [0.15, 0.2) is 54.6 Å². The van der Waals surface area contributed by atoms with E-state index in [1.54, 1.807) is 4.90 Å². The number of pyridine rings is 1. The Kier molecular flexibility index (Phi) is 5.71. The second kappa shape index (κ2) is 8.74. The van der Waals surface area contributed by atoms with Gasteiger partial charge in [-0.05, 0) is 31.2 Å². The molecule has 1 saturated heterocycles. The highest BCUT2D eigenvalue weighted by Crippen LogP contribution is 2.23. The Balaban J connectivity index is 1.37. The molecule has 1 aliphatic rings. The molecule has 1 amide bonds. The van der Waals surface area contributed by atoms with Gasteiger partial charge in [0.2, 0.25) is 0 Å². The molecule has 2 aromatic heterocycles. The van der Waals surface area contributed by atoms with Crippen molar-refractivity contribution >= 4 is 17.5 Å². The van der Waals surface area contributed by atoms with Crippen LogP contribution < -0.4 is 10.1 Å². The van der Waals surface area contributed by atoms with Crippen LogP contribution in [0.25, 0.3) is 0 Å². The van der Waals surface area contributed by atoms with Gasteiger partial charge >= 0.3 is 0 Å². The van der Waals surface area contributed by atoms with Gasteiger partial charge in [-0.3, -0.25) is 9.89 Å². The molecule has 0 bridgehead atoms. The van der Waals surface area contributed by atoms with Crippen LogP contribution in [0.2, 0.25) is 0 Å². The Morgan fingerprint density at radius 3 is 2.90 bits per heavy atom. The number of morpholine rings is 1. The highest BCUT2D eigenvalue weighted by molar-refractivity contribution is 5.78. The minimum Gasteiger partial charge on any atom is -0.484 e. The Bertz CT molecular complexity index is 960. The van der Waals surface area contributed by atoms with E-state index in [1.807, 2.05) is 61.5 Å². The van der Waals surface area contributed by atoms with Crippen molar-refractivity contribution in [2.45, 2.75) is 13.0 Å². The number of ether oxygens (including phenoxy) is 2. The van der Waals surface area contributed by atoms with Crippen molar-refractivity contribution in [1.82, 2.24) is 20.1 Å². The Labute approximate surface area is 168 Å². The van der Waals surface area contributed by atoms with E-state index in [0.29, 0.717) is 37.1 Å². The second-order valence-electron chi connectivity index (χ2n) is 6.81. The van der Waals surface area contributed by atoms with Gasteiger partial charge in [0.05, 0.1) is 18.8 Å². The molecule has 1 fully saturated rings. The summed E-state index contributed by atoms with van der Waals surface area (Å²) < 4.78 is 11.5. The SMILES string of the molecule is Cc1cc(Nc2cccc([C@H]3CN(C(=O)COc4ccccc4)CCO3)n2)n[nH]1. The molecule has 0 radical (unpaired) electrons. The van der Waals surface area contributed by atoms with Crippen LogP contribution >= 0.6 is 0 Å². The zero-order valence-electron chi connectivity index (χ0n) is 16.2. The molecule has 4 rings (SSSR count). The lowest BCUT2D eigenvalue weighted by atomic mass is 10.2. The van der Waals surface area contributed by atoms with E-state index in [4.69, 9.17) is 9.47 Å². The van der Waals surface area contributed by atoms with E-state index in [-0.39, 0.29) is 18.6 Å². The van der Waals surface area contributed by atoms with E-state index < -0.39 is 0 Å². The number of hydrogen-bond donors (Lipinski definition) is 2. The first-order chi connectivity index (χ1) is 14.2. The Morgan fingerprint density at radius 1 is 1.24 bits per heavy atom. The van der Waals surface area contributed by atoms with Crippen LogP contribution in [0.3, 0.4) is 0 Å². The maximum Gasteiger partial charge on any atom is 0.260 e. The van der Waals surface area contributed by atoms with Gasteiger partial charge in [0, 0.05) is 18.3 Å². The molecule has 2 N–H and O–H groups in total. The van der Waals surface area contributed by atoms with E-state index in [0.717, 1.165) is 11.4 Å². The van der Waals surface area contributed by atoms with E-state index in [1.165, 1.54) is 0 Å². The van der Waals surface area contributed by atoms with Crippen LogP contribution in [-0.2, 0) is 9.53 Å². The van der Waals surface area contributed by atoms with Crippen LogP contribution in [0, 0.1) is 6.92 Å². The summed E-state index contributed by atoms with van der Waals surface area (Å²) in [5, 5.41) is 10.2. The fraction of sp³-hybridized carbons (Fsp3) is 0.286. The Hall–Kier alpha value is -3.39. The van der Waals surface area contributed by atoms with E-state index in [9.17, 15) is 4.79 Å². The summed E-state index contributed by atoms with van der Waals surface area (Å²) in [5.41, 5.74) is 1.73. The summed E-state index contributed by atoms with van der Waals surface area (Å²) in [7, 11) is 0. The van der Waals surface area contributed by atoms with Crippen molar-refractivity contribution in [2.24, 2.45) is 0 Å². The number of aromatic nitrogens is 3. The van der Waals surface area contributed by atoms with Gasteiger partial charge < -0.3 is 19.7 Å². The van der Waals surface area contributed by atoms with Gasteiger partial charge in [0.1, 0.15) is 17.7 Å². The monoisotopic (exact) mass is 393 g/mol. The van der Waals surface area contributed by atoms with Crippen molar-refractivity contribution in [3.05, 3.63) is 66.0 Å². The van der Waals surface area contributed by atoms with E-state index >= 15 is 0 Å². The smallest absolute Gasteiger partial charge is 0.260 e. The molecule has 3 heterocycles. The molecule has 0 spiro atoms. The van der Waals surface area contributed by atoms with Crippen LogP contribution in [0.5, 0.6) is 5.75 Å². The number of carbonyl (C=O) groups excluding carboxylic acids is 1. The molecule has 1 aromatic carbocycles. The number of H-pyrrole nitrogens is 1. The molecule has 3 aromatic rings. The number of carbonyl (C=O) groups is 1. The van der Waals surface area contributed by atoms with Crippen molar-refractivity contribution < 1.29 is 14.3 Å². The number of hydrogen-bond acceptors (Lipinski definition) is 6. The van der Waals surface area contributed by atoms with Gasteiger partial charge in [0.25, 0.3) is 5.91 Å². The largest absolute Gasteiger partial charge is 0.484 e. The van der Waals surface area contributed by atoms with Crippen molar-refractivity contribution in [3.63, 3.8) is 0 Å². The number of rotatable bonds is 6. The normalized spacial score (nSPS) is 16.4. The Morgan fingerprint density at radius 2 is 2.10 bits per heavy atom. The molecular weight excluding hydrogens is 370 g/mol. The fourth-order valence-electron chi connectivity index (χ4n) is 3.12. The van der Waals surface area contributed by atoms with Crippen molar-refractivity contribution in [2.75, 3.05) is 31.6 Å². The van der Waals surface area contributed by atoms with Gasteiger partial charge in [0.15, 0.2) is 12.4 Å². The maximum atomic E-state index is 12.6. The minimum absolute atomic E-state index is 0.00423. The highest BCUT2D eigenvalue weighted by atomic mass is 16.5. The summed E-state index contributed by atoms with van der Waals surface area (Å²) in [5.74, 6) is 1.99. The molecular formula is C21H23N5O3. The predicted molar refractivity (Wildman–Crippen MR) is 108 cm³/mol. The third-order valence-electron chi connectivity index (χ3n) is 4.59. The lowest BCUT2D eigenvalue weighted by Gasteiger charge is -2.32. The van der Waals surface area contributed by atoms with Gasteiger partial charge in [-0.2, -0.15) is 5.10 Å². The number of anilines is 2. The average molecular weight is 393 g/mol. The lowest BCUT2D eigenvalue weighted by molar-refractivity contribution is -0.141. The van der Waals surface area contributed by atoms with Crippen LogP contribution in [0.4, 0.5) is 11.6 Å². The predicted octanol–water partition coefficient (Wildman–Crippen LogP) is 2.84. The first-order valence-electron chi connectivity index (χ1n) is 9.50. The summed E-state index contributed by atoms with van der Waals surface area (Å²) in [4.78, 5) is 18.9. The molecule has 8 heteroatoms. The first kappa shape index (κ1) is 18.9. The van der Waals surface area contributed by atoms with Gasteiger partial charge in [-0.15, -0.1) is 0 Å². The summed E-state index contributed by atoms with van der Waals surface area (Å²) >= 11 is 0. The maximum absolute atomic E-state index is 12.6. The quantitative estimate of drug-likeness (QED) is 0.669. The number of benzene rings is 1. The first-order valence-corrected chi connectivity index (χ1v) is 9.50. The minimum atomic E-state index is -0.285. The van der Waals surface area contributed by atoms with E-state index in [2.05, 4.69) is 20.5 Å². The molecule has 0 unspecified atom stereocenters. The van der Waals surface area contributed by atoms with Crippen LogP contribution in [-0.4, -0.2) is 52.3 Å². The van der Waals surface area contributed by atoms with Crippen molar-refractivity contribution in [1.29, 1.82) is 0 Å². The number of nitrogens with zero attached hydrogens (tertiary/aromatic N) is 3. The summed E-state index contributed by atoms with van der Waals surface area (Å²) in [6, 6.07) is 16.9. The second-order valence-corrected chi connectivity index (χ2v) is 6.81.